The SMILES string of the molecule is Cc1c(N2C(=O)/C(=C/c3ccc(O)cc3)SC2=S)c(=O)n(-c2ccccc2)n1C. The summed E-state index contributed by atoms with van der Waals surface area (Å²) in [5, 5.41) is 9.42. The zero-order chi connectivity index (χ0) is 20.7. The Balaban J connectivity index is 1.78. The van der Waals surface area contributed by atoms with Gasteiger partial charge in [-0.3, -0.25) is 19.2 Å². The Kier molecular flexibility index (Phi) is 4.89. The van der Waals surface area contributed by atoms with Crippen molar-refractivity contribution >= 4 is 46.0 Å². The van der Waals surface area contributed by atoms with Gasteiger partial charge in [0, 0.05) is 7.05 Å². The van der Waals surface area contributed by atoms with Crippen LogP contribution < -0.4 is 10.5 Å². The van der Waals surface area contributed by atoms with E-state index in [4.69, 9.17) is 12.2 Å². The van der Waals surface area contributed by atoms with Gasteiger partial charge in [0.25, 0.3) is 11.5 Å². The largest absolute Gasteiger partial charge is 0.508 e. The fourth-order valence-electron chi connectivity index (χ4n) is 3.19. The molecule has 8 heteroatoms. The smallest absolute Gasteiger partial charge is 0.296 e. The summed E-state index contributed by atoms with van der Waals surface area (Å²) in [4.78, 5) is 28.0. The second kappa shape index (κ2) is 7.38. The zero-order valence-corrected chi connectivity index (χ0v) is 17.3. The van der Waals surface area contributed by atoms with E-state index in [2.05, 4.69) is 0 Å². The lowest BCUT2D eigenvalue weighted by atomic mass is 10.2. The van der Waals surface area contributed by atoms with Gasteiger partial charge in [0.05, 0.1) is 16.3 Å². The van der Waals surface area contributed by atoms with Crippen molar-refractivity contribution < 1.29 is 9.90 Å². The quantitative estimate of drug-likeness (QED) is 0.515. The normalized spacial score (nSPS) is 15.5. The molecule has 1 aromatic heterocycles. The van der Waals surface area contributed by atoms with E-state index in [0.717, 1.165) is 17.3 Å². The van der Waals surface area contributed by atoms with E-state index in [9.17, 15) is 14.7 Å². The van der Waals surface area contributed by atoms with Crippen molar-refractivity contribution in [2.45, 2.75) is 6.92 Å². The number of benzene rings is 2. The molecule has 1 amide bonds. The molecule has 1 saturated heterocycles. The number of thiocarbonyl (C=S) groups is 1. The van der Waals surface area contributed by atoms with E-state index in [-0.39, 0.29) is 22.9 Å². The monoisotopic (exact) mass is 423 g/mol. The van der Waals surface area contributed by atoms with Gasteiger partial charge < -0.3 is 5.11 Å². The molecule has 3 aromatic rings. The Morgan fingerprint density at radius 1 is 1.03 bits per heavy atom. The number of phenols is 1. The molecule has 1 aliphatic heterocycles. The van der Waals surface area contributed by atoms with E-state index in [0.29, 0.717) is 20.6 Å². The van der Waals surface area contributed by atoms with Crippen molar-refractivity contribution in [3.05, 3.63) is 81.1 Å². The number of aromatic nitrogens is 2. The number of phenolic OH excluding ortho intramolecular Hbond substituents is 1. The summed E-state index contributed by atoms with van der Waals surface area (Å²) in [6.45, 7) is 1.79. The van der Waals surface area contributed by atoms with Gasteiger partial charge in [0.1, 0.15) is 11.4 Å². The number of anilines is 1. The van der Waals surface area contributed by atoms with E-state index in [1.165, 1.54) is 9.58 Å². The Morgan fingerprint density at radius 3 is 2.34 bits per heavy atom. The van der Waals surface area contributed by atoms with E-state index in [1.807, 2.05) is 30.3 Å². The maximum absolute atomic E-state index is 13.2. The third-order valence-corrected chi connectivity index (χ3v) is 6.03. The van der Waals surface area contributed by atoms with Crippen molar-refractivity contribution in [2.75, 3.05) is 4.90 Å². The summed E-state index contributed by atoms with van der Waals surface area (Å²) in [6.07, 6.45) is 1.70. The van der Waals surface area contributed by atoms with Gasteiger partial charge in [-0.05, 0) is 42.8 Å². The van der Waals surface area contributed by atoms with E-state index in [1.54, 1.807) is 49.0 Å². The third kappa shape index (κ3) is 3.30. The van der Waals surface area contributed by atoms with Gasteiger partial charge in [-0.2, -0.15) is 0 Å². The number of rotatable bonds is 3. The summed E-state index contributed by atoms with van der Waals surface area (Å²) in [6, 6.07) is 15.8. The van der Waals surface area contributed by atoms with E-state index >= 15 is 0 Å². The van der Waals surface area contributed by atoms with Crippen molar-refractivity contribution in [2.24, 2.45) is 7.05 Å². The first-order chi connectivity index (χ1) is 13.9. The minimum absolute atomic E-state index is 0.149. The molecule has 1 N–H and O–H groups in total. The molecule has 2 aromatic carbocycles. The number of amides is 1. The van der Waals surface area contributed by atoms with Gasteiger partial charge in [-0.15, -0.1) is 0 Å². The molecule has 4 rings (SSSR count). The van der Waals surface area contributed by atoms with Gasteiger partial charge in [0.15, 0.2) is 4.32 Å². The molecule has 29 heavy (non-hydrogen) atoms. The molecule has 0 atom stereocenters. The fourth-order valence-corrected chi connectivity index (χ4v) is 4.46. The van der Waals surface area contributed by atoms with Gasteiger partial charge in [0.2, 0.25) is 0 Å². The van der Waals surface area contributed by atoms with Gasteiger partial charge in [-0.1, -0.05) is 54.3 Å². The maximum Gasteiger partial charge on any atom is 0.296 e. The highest BCUT2D eigenvalue weighted by molar-refractivity contribution is 8.27. The van der Waals surface area contributed by atoms with Crippen LogP contribution in [0.4, 0.5) is 5.69 Å². The average molecular weight is 424 g/mol. The maximum atomic E-state index is 13.2. The summed E-state index contributed by atoms with van der Waals surface area (Å²) in [5.74, 6) is -0.185. The molecule has 0 aliphatic carbocycles. The average Bonchev–Trinajstić information content (AvgIpc) is 3.10. The van der Waals surface area contributed by atoms with Crippen LogP contribution in [0.2, 0.25) is 0 Å². The molecular formula is C21H17N3O3S2. The number of hydrogen-bond donors (Lipinski definition) is 1. The van der Waals surface area contributed by atoms with Crippen LogP contribution in [0.3, 0.4) is 0 Å². The topological polar surface area (TPSA) is 67.5 Å². The van der Waals surface area contributed by atoms with Crippen molar-refractivity contribution in [1.82, 2.24) is 9.36 Å². The molecule has 0 radical (unpaired) electrons. The number of para-hydroxylation sites is 1. The Labute approximate surface area is 176 Å². The molecule has 0 saturated carbocycles. The molecule has 1 aliphatic rings. The highest BCUT2D eigenvalue weighted by Gasteiger charge is 2.37. The minimum Gasteiger partial charge on any atom is -0.508 e. The van der Waals surface area contributed by atoms with Crippen LogP contribution in [0, 0.1) is 6.92 Å². The Hall–Kier alpha value is -3.10. The third-order valence-electron chi connectivity index (χ3n) is 4.73. The molecule has 146 valence electrons. The van der Waals surface area contributed by atoms with Crippen molar-refractivity contribution in [3.8, 4) is 11.4 Å². The zero-order valence-electron chi connectivity index (χ0n) is 15.7. The lowest BCUT2D eigenvalue weighted by molar-refractivity contribution is -0.113. The predicted octanol–water partition coefficient (Wildman–Crippen LogP) is 3.60. The van der Waals surface area contributed by atoms with Crippen molar-refractivity contribution in [3.63, 3.8) is 0 Å². The second-order valence-corrected chi connectivity index (χ2v) is 8.19. The molecular weight excluding hydrogens is 406 g/mol. The molecule has 0 bridgehead atoms. The summed E-state index contributed by atoms with van der Waals surface area (Å²) >= 11 is 6.58. The minimum atomic E-state index is -0.334. The summed E-state index contributed by atoms with van der Waals surface area (Å²) in [7, 11) is 1.77. The van der Waals surface area contributed by atoms with Crippen LogP contribution in [-0.2, 0) is 11.8 Å². The Morgan fingerprint density at radius 2 is 1.69 bits per heavy atom. The lowest BCUT2D eigenvalue weighted by Gasteiger charge is -2.12. The molecule has 2 heterocycles. The van der Waals surface area contributed by atoms with Crippen molar-refractivity contribution in [1.29, 1.82) is 0 Å². The van der Waals surface area contributed by atoms with Crippen LogP contribution >= 0.6 is 24.0 Å². The van der Waals surface area contributed by atoms with Gasteiger partial charge >= 0.3 is 0 Å². The second-order valence-electron chi connectivity index (χ2n) is 6.52. The highest BCUT2D eigenvalue weighted by atomic mass is 32.2. The first-order valence-corrected chi connectivity index (χ1v) is 10.0. The fraction of sp³-hybridized carbons (Fsp3) is 0.0952. The number of aromatic hydroxyl groups is 1. The van der Waals surface area contributed by atoms with E-state index < -0.39 is 0 Å². The number of nitrogens with zero attached hydrogens (tertiary/aromatic N) is 3. The first-order valence-electron chi connectivity index (χ1n) is 8.79. The Bertz CT molecular complexity index is 1210. The molecule has 1 fully saturated rings. The summed E-state index contributed by atoms with van der Waals surface area (Å²) in [5.41, 5.74) is 2.06. The van der Waals surface area contributed by atoms with Crippen LogP contribution in [0.1, 0.15) is 11.3 Å². The number of carbonyl (C=O) groups is 1. The van der Waals surface area contributed by atoms with Crippen LogP contribution in [0.15, 0.2) is 64.3 Å². The highest BCUT2D eigenvalue weighted by Crippen LogP contribution is 2.36. The molecule has 6 nitrogen and oxygen atoms in total. The number of carbonyl (C=O) groups excluding carboxylic acids is 1. The number of thioether (sulfide) groups is 1. The molecule has 0 spiro atoms. The van der Waals surface area contributed by atoms with Crippen LogP contribution in [-0.4, -0.2) is 24.7 Å². The lowest BCUT2D eigenvalue weighted by Crippen LogP contribution is -2.33. The van der Waals surface area contributed by atoms with Crippen LogP contribution in [0.5, 0.6) is 5.75 Å². The van der Waals surface area contributed by atoms with Gasteiger partial charge in [-0.25, -0.2) is 4.68 Å². The van der Waals surface area contributed by atoms with Crippen LogP contribution in [0.25, 0.3) is 11.8 Å². The number of hydrogen-bond acceptors (Lipinski definition) is 5. The predicted molar refractivity (Wildman–Crippen MR) is 120 cm³/mol. The molecule has 0 unspecified atom stereocenters. The summed E-state index contributed by atoms with van der Waals surface area (Å²) < 4.78 is 3.55. The standard InChI is InChI=1S/C21H17N3O3S2/c1-13-18(20(27)24(22(13)2)15-6-4-3-5-7-15)23-19(26)17(29-21(23)28)12-14-8-10-16(25)11-9-14/h3-12,25H,1-2H3/b17-12-. The first kappa shape index (κ1) is 19.2.